The number of ether oxygens (including phenoxy) is 2. The molecule has 0 spiro atoms. The van der Waals surface area contributed by atoms with Crippen LogP contribution in [-0.4, -0.2) is 75.3 Å². The van der Waals surface area contributed by atoms with E-state index in [0.29, 0.717) is 74.5 Å². The van der Waals surface area contributed by atoms with Gasteiger partial charge in [-0.1, -0.05) is 23.2 Å². The standard InChI is InChI=1S/C22H24Cl2N4O5/c1-32-21-17(12-15(23)13-18(21)24)22(29)27-6-4-25(5-7-27)16-2-3-19(28(30)31)20(14-16)26-8-10-33-11-9-26/h2-3,12-14H,4-11H2,1H3. The maximum absolute atomic E-state index is 13.1. The molecule has 0 radical (unpaired) electrons. The molecule has 1 amide bonds. The lowest BCUT2D eigenvalue weighted by molar-refractivity contribution is -0.384. The molecule has 4 rings (SSSR count). The number of morpholine rings is 1. The smallest absolute Gasteiger partial charge is 0.292 e. The predicted molar refractivity (Wildman–Crippen MR) is 127 cm³/mol. The molecule has 11 heteroatoms. The number of amides is 1. The van der Waals surface area contributed by atoms with Crippen molar-refractivity contribution in [2.45, 2.75) is 0 Å². The fourth-order valence-electron chi connectivity index (χ4n) is 4.19. The Hall–Kier alpha value is -2.75. The lowest BCUT2D eigenvalue weighted by Crippen LogP contribution is -2.49. The maximum atomic E-state index is 13.1. The maximum Gasteiger partial charge on any atom is 0.292 e. The molecular formula is C22H24Cl2N4O5. The number of nitrogens with zero attached hydrogens (tertiary/aromatic N) is 4. The highest BCUT2D eigenvalue weighted by Gasteiger charge is 2.28. The first kappa shape index (κ1) is 23.4. The number of nitro groups is 1. The Morgan fingerprint density at radius 2 is 1.73 bits per heavy atom. The Balaban J connectivity index is 1.50. The largest absolute Gasteiger partial charge is 0.494 e. The van der Waals surface area contributed by atoms with Crippen molar-refractivity contribution in [2.75, 3.05) is 69.4 Å². The number of benzene rings is 2. The minimum atomic E-state index is -0.352. The number of piperazine rings is 1. The second kappa shape index (κ2) is 10.0. The second-order valence-electron chi connectivity index (χ2n) is 7.78. The SMILES string of the molecule is COc1c(Cl)cc(Cl)cc1C(=O)N1CCN(c2ccc([N+](=O)[O-])c(N3CCOCC3)c2)CC1. The van der Waals surface area contributed by atoms with Crippen LogP contribution in [-0.2, 0) is 4.74 Å². The van der Waals surface area contributed by atoms with Crippen molar-refractivity contribution in [1.82, 2.24) is 4.90 Å². The van der Waals surface area contributed by atoms with Crippen molar-refractivity contribution in [2.24, 2.45) is 0 Å². The van der Waals surface area contributed by atoms with Gasteiger partial charge in [0, 0.05) is 56.0 Å². The van der Waals surface area contributed by atoms with E-state index in [0.717, 1.165) is 5.69 Å². The highest BCUT2D eigenvalue weighted by molar-refractivity contribution is 6.36. The Bertz CT molecular complexity index is 1050. The van der Waals surface area contributed by atoms with Gasteiger partial charge >= 0.3 is 0 Å². The molecular weight excluding hydrogens is 471 g/mol. The zero-order chi connectivity index (χ0) is 23.5. The molecule has 0 aliphatic carbocycles. The molecule has 0 unspecified atom stereocenters. The summed E-state index contributed by atoms with van der Waals surface area (Å²) in [5.41, 5.74) is 1.89. The first-order valence-corrected chi connectivity index (χ1v) is 11.3. The lowest BCUT2D eigenvalue weighted by Gasteiger charge is -2.37. The first-order chi connectivity index (χ1) is 15.9. The fraction of sp³-hybridized carbons (Fsp3) is 0.409. The third kappa shape index (κ3) is 4.95. The van der Waals surface area contributed by atoms with Gasteiger partial charge in [0.2, 0.25) is 0 Å². The minimum absolute atomic E-state index is 0.0828. The number of hydrogen-bond acceptors (Lipinski definition) is 7. The molecule has 2 fully saturated rings. The lowest BCUT2D eigenvalue weighted by atomic mass is 10.1. The van der Waals surface area contributed by atoms with Crippen molar-refractivity contribution in [3.8, 4) is 5.75 Å². The van der Waals surface area contributed by atoms with Crippen molar-refractivity contribution >= 4 is 46.2 Å². The molecule has 0 N–H and O–H groups in total. The third-order valence-corrected chi connectivity index (χ3v) is 6.38. The number of methoxy groups -OCH3 is 1. The van der Waals surface area contributed by atoms with Gasteiger partial charge in [-0.05, 0) is 24.3 Å². The molecule has 2 aromatic rings. The van der Waals surface area contributed by atoms with Crippen LogP contribution in [0.1, 0.15) is 10.4 Å². The Morgan fingerprint density at radius 3 is 2.36 bits per heavy atom. The van der Waals surface area contributed by atoms with E-state index in [1.54, 1.807) is 23.1 Å². The molecule has 0 atom stereocenters. The molecule has 2 aliphatic heterocycles. The van der Waals surface area contributed by atoms with E-state index in [1.165, 1.54) is 13.2 Å². The monoisotopic (exact) mass is 494 g/mol. The summed E-state index contributed by atoms with van der Waals surface area (Å²) >= 11 is 12.3. The molecule has 0 aromatic heterocycles. The molecule has 2 aliphatic rings. The zero-order valence-corrected chi connectivity index (χ0v) is 19.6. The van der Waals surface area contributed by atoms with Gasteiger partial charge in [-0.15, -0.1) is 0 Å². The number of carbonyl (C=O) groups is 1. The summed E-state index contributed by atoms with van der Waals surface area (Å²) in [5.74, 6) is 0.104. The van der Waals surface area contributed by atoms with Crippen LogP contribution < -0.4 is 14.5 Å². The summed E-state index contributed by atoms with van der Waals surface area (Å²) in [6.07, 6.45) is 0. The number of nitro benzene ring substituents is 1. The summed E-state index contributed by atoms with van der Waals surface area (Å²) in [5, 5.41) is 12.2. The van der Waals surface area contributed by atoms with E-state index in [2.05, 4.69) is 4.90 Å². The predicted octanol–water partition coefficient (Wildman–Crippen LogP) is 3.71. The van der Waals surface area contributed by atoms with Gasteiger partial charge in [-0.3, -0.25) is 14.9 Å². The third-order valence-electron chi connectivity index (χ3n) is 5.88. The van der Waals surface area contributed by atoms with Crippen molar-refractivity contribution in [3.63, 3.8) is 0 Å². The number of anilines is 2. The average molecular weight is 495 g/mol. The Kier molecular flexibility index (Phi) is 7.11. The highest BCUT2D eigenvalue weighted by Crippen LogP contribution is 2.35. The van der Waals surface area contributed by atoms with Gasteiger partial charge in [-0.2, -0.15) is 0 Å². The van der Waals surface area contributed by atoms with E-state index in [4.69, 9.17) is 32.7 Å². The number of halogens is 2. The Morgan fingerprint density at radius 1 is 1.03 bits per heavy atom. The zero-order valence-electron chi connectivity index (χ0n) is 18.1. The van der Waals surface area contributed by atoms with Crippen LogP contribution in [0.25, 0.3) is 0 Å². The van der Waals surface area contributed by atoms with Gasteiger partial charge in [0.15, 0.2) is 0 Å². The van der Waals surface area contributed by atoms with Crippen LogP contribution in [0.2, 0.25) is 10.0 Å². The second-order valence-corrected chi connectivity index (χ2v) is 8.62. The van der Waals surface area contributed by atoms with Crippen LogP contribution in [0, 0.1) is 10.1 Å². The number of carbonyl (C=O) groups excluding carboxylic acids is 1. The average Bonchev–Trinajstić information content (AvgIpc) is 2.83. The molecule has 0 saturated carbocycles. The summed E-state index contributed by atoms with van der Waals surface area (Å²) in [4.78, 5) is 30.2. The van der Waals surface area contributed by atoms with Crippen molar-refractivity contribution < 1.29 is 19.2 Å². The summed E-state index contributed by atoms with van der Waals surface area (Å²) in [6, 6.07) is 8.28. The van der Waals surface area contributed by atoms with E-state index in [9.17, 15) is 14.9 Å². The van der Waals surface area contributed by atoms with Gasteiger partial charge in [0.25, 0.3) is 11.6 Å². The first-order valence-electron chi connectivity index (χ1n) is 10.6. The van der Waals surface area contributed by atoms with Crippen LogP contribution in [0.5, 0.6) is 5.75 Å². The van der Waals surface area contributed by atoms with Crippen LogP contribution in [0.4, 0.5) is 17.1 Å². The van der Waals surface area contributed by atoms with Crippen LogP contribution in [0.15, 0.2) is 30.3 Å². The summed E-state index contributed by atoms with van der Waals surface area (Å²) in [6.45, 7) is 4.43. The van der Waals surface area contributed by atoms with Crippen LogP contribution in [0.3, 0.4) is 0 Å². The summed E-state index contributed by atoms with van der Waals surface area (Å²) < 4.78 is 10.7. The van der Waals surface area contributed by atoms with Gasteiger partial charge < -0.3 is 24.2 Å². The van der Waals surface area contributed by atoms with Crippen LogP contribution >= 0.6 is 23.2 Å². The molecule has 176 valence electrons. The van der Waals surface area contributed by atoms with Gasteiger partial charge in [0.05, 0.1) is 35.8 Å². The highest BCUT2D eigenvalue weighted by atomic mass is 35.5. The van der Waals surface area contributed by atoms with E-state index in [1.807, 2.05) is 11.0 Å². The van der Waals surface area contributed by atoms with Crippen molar-refractivity contribution in [1.29, 1.82) is 0 Å². The van der Waals surface area contributed by atoms with Crippen molar-refractivity contribution in [3.05, 3.63) is 56.1 Å². The normalized spacial score (nSPS) is 16.6. The summed E-state index contributed by atoms with van der Waals surface area (Å²) in [7, 11) is 1.46. The molecule has 33 heavy (non-hydrogen) atoms. The van der Waals surface area contributed by atoms with Gasteiger partial charge in [0.1, 0.15) is 11.4 Å². The van der Waals surface area contributed by atoms with E-state index in [-0.39, 0.29) is 21.5 Å². The minimum Gasteiger partial charge on any atom is -0.494 e. The molecule has 9 nitrogen and oxygen atoms in total. The van der Waals surface area contributed by atoms with E-state index >= 15 is 0 Å². The number of rotatable bonds is 5. The van der Waals surface area contributed by atoms with Gasteiger partial charge in [-0.25, -0.2) is 0 Å². The quantitative estimate of drug-likeness (QED) is 0.462. The number of hydrogen-bond donors (Lipinski definition) is 0. The molecule has 2 aromatic carbocycles. The Labute approximate surface area is 201 Å². The van der Waals surface area contributed by atoms with E-state index < -0.39 is 0 Å². The molecule has 2 saturated heterocycles. The topological polar surface area (TPSA) is 88.4 Å². The fourth-order valence-corrected chi connectivity index (χ4v) is 4.76. The molecule has 0 bridgehead atoms. The molecule has 2 heterocycles.